The quantitative estimate of drug-likeness (QED) is 0.542. The number of hydrogen-bond donors (Lipinski definition) is 0. The molecule has 3 aromatic rings. The van der Waals surface area contributed by atoms with Crippen molar-refractivity contribution in [1.29, 1.82) is 0 Å². The predicted molar refractivity (Wildman–Crippen MR) is 124 cm³/mol. The molecule has 0 amide bonds. The van der Waals surface area contributed by atoms with Crippen molar-refractivity contribution < 1.29 is 8.42 Å². The molecule has 0 unspecified atom stereocenters. The maximum atomic E-state index is 12.8. The van der Waals surface area contributed by atoms with Crippen molar-refractivity contribution >= 4 is 31.6 Å². The van der Waals surface area contributed by atoms with E-state index in [9.17, 15) is 8.42 Å². The van der Waals surface area contributed by atoms with Gasteiger partial charge in [0.25, 0.3) is 0 Å². The second kappa shape index (κ2) is 8.88. The first-order chi connectivity index (χ1) is 14.4. The Morgan fingerprint density at radius 1 is 1.03 bits per heavy atom. The van der Waals surface area contributed by atoms with Crippen LogP contribution in [-0.2, 0) is 29.5 Å². The van der Waals surface area contributed by atoms with Crippen LogP contribution in [0.2, 0.25) is 0 Å². The normalized spacial score (nSPS) is 17.4. The predicted octanol–water partition coefficient (Wildman–Crippen LogP) is 4.24. The summed E-state index contributed by atoms with van der Waals surface area (Å²) in [4.78, 5) is 6.40. The second-order valence-electron chi connectivity index (χ2n) is 7.66. The highest BCUT2D eigenvalue weighted by atomic mass is 79.9. The van der Waals surface area contributed by atoms with Crippen molar-refractivity contribution in [2.75, 3.05) is 17.7 Å². The maximum Gasteiger partial charge on any atom is 0.211 e. The van der Waals surface area contributed by atoms with E-state index in [1.165, 1.54) is 6.26 Å². The number of hydrogen-bond acceptors (Lipinski definition) is 4. The van der Waals surface area contributed by atoms with Crippen molar-refractivity contribution in [2.45, 2.75) is 25.6 Å². The first-order valence-corrected chi connectivity index (χ1v) is 12.5. The Balaban J connectivity index is 1.76. The summed E-state index contributed by atoms with van der Waals surface area (Å²) in [7, 11) is -3.39. The summed E-state index contributed by atoms with van der Waals surface area (Å²) in [5, 5.41) is 0. The van der Waals surface area contributed by atoms with E-state index in [0.29, 0.717) is 26.1 Å². The Morgan fingerprint density at radius 3 is 2.47 bits per heavy atom. The zero-order valence-corrected chi connectivity index (χ0v) is 19.2. The Bertz CT molecular complexity index is 1110. The van der Waals surface area contributed by atoms with Crippen LogP contribution in [0.1, 0.15) is 16.7 Å². The average molecular weight is 486 g/mol. The van der Waals surface area contributed by atoms with E-state index in [2.05, 4.69) is 44.0 Å². The molecule has 0 spiro atoms. The number of pyridine rings is 1. The van der Waals surface area contributed by atoms with Crippen LogP contribution in [0.5, 0.6) is 0 Å². The molecular formula is C23H24BrN3O2S. The van der Waals surface area contributed by atoms with Crippen LogP contribution in [-0.4, -0.2) is 36.5 Å². The fourth-order valence-corrected chi connectivity index (χ4v) is 5.49. The van der Waals surface area contributed by atoms with Crippen molar-refractivity contribution in [2.24, 2.45) is 0 Å². The number of nitrogens with zero attached hydrogens (tertiary/aromatic N) is 3. The van der Waals surface area contributed by atoms with E-state index in [1.807, 2.05) is 42.5 Å². The lowest BCUT2D eigenvalue weighted by atomic mass is 10.1. The molecular weight excluding hydrogens is 462 g/mol. The number of anilines is 1. The zero-order chi connectivity index (χ0) is 21.1. The molecule has 5 nitrogen and oxygen atoms in total. The van der Waals surface area contributed by atoms with Gasteiger partial charge >= 0.3 is 0 Å². The molecule has 1 atom stereocenters. The summed E-state index contributed by atoms with van der Waals surface area (Å²) in [6, 6.07) is 20.0. The number of sulfonamides is 1. The Labute approximate surface area is 186 Å². The van der Waals surface area contributed by atoms with Gasteiger partial charge in [0.15, 0.2) is 0 Å². The van der Waals surface area contributed by atoms with Crippen LogP contribution < -0.4 is 4.90 Å². The van der Waals surface area contributed by atoms with Crippen molar-refractivity contribution in [3.63, 3.8) is 0 Å². The molecule has 4 rings (SSSR count). The Morgan fingerprint density at radius 2 is 1.77 bits per heavy atom. The minimum absolute atomic E-state index is 0.171. The number of benzene rings is 2. The molecule has 0 fully saturated rings. The first kappa shape index (κ1) is 21.0. The maximum absolute atomic E-state index is 12.8. The lowest BCUT2D eigenvalue weighted by molar-refractivity contribution is 0.320. The third-order valence-corrected chi connectivity index (χ3v) is 7.18. The molecule has 156 valence electrons. The summed E-state index contributed by atoms with van der Waals surface area (Å²) in [6.45, 7) is 1.66. The molecule has 0 radical (unpaired) electrons. The van der Waals surface area contributed by atoms with E-state index in [1.54, 1.807) is 16.7 Å². The number of aromatic nitrogens is 1. The Kier molecular flexibility index (Phi) is 6.22. The molecule has 1 aliphatic heterocycles. The highest BCUT2D eigenvalue weighted by Gasteiger charge is 2.33. The number of halogens is 1. The van der Waals surface area contributed by atoms with E-state index < -0.39 is 10.0 Å². The monoisotopic (exact) mass is 485 g/mol. The largest absolute Gasteiger partial charge is 0.365 e. The van der Waals surface area contributed by atoms with Gasteiger partial charge in [-0.05, 0) is 53.4 Å². The minimum atomic E-state index is -3.39. The highest BCUT2D eigenvalue weighted by Crippen LogP contribution is 2.33. The lowest BCUT2D eigenvalue weighted by Gasteiger charge is -2.31. The van der Waals surface area contributed by atoms with Gasteiger partial charge in [-0.2, -0.15) is 4.31 Å². The molecule has 0 aliphatic carbocycles. The highest BCUT2D eigenvalue weighted by molar-refractivity contribution is 9.10. The lowest BCUT2D eigenvalue weighted by Crippen LogP contribution is -2.45. The van der Waals surface area contributed by atoms with E-state index >= 15 is 0 Å². The summed E-state index contributed by atoms with van der Waals surface area (Å²) in [5.41, 5.74) is 4.34. The van der Waals surface area contributed by atoms with Crippen LogP contribution in [0.15, 0.2) is 77.5 Å². The molecule has 30 heavy (non-hydrogen) atoms. The molecule has 0 saturated heterocycles. The molecule has 1 aromatic heterocycles. The molecule has 7 heteroatoms. The van der Waals surface area contributed by atoms with Gasteiger partial charge < -0.3 is 4.90 Å². The molecule has 0 saturated carbocycles. The summed E-state index contributed by atoms with van der Waals surface area (Å²) >= 11 is 3.55. The van der Waals surface area contributed by atoms with Crippen LogP contribution in [0.3, 0.4) is 0 Å². The SMILES string of the molecule is CS(=O)(=O)N1Cc2cc(Br)ccc2N(Cc2ccncc2)C[C@H]1Cc1ccccc1. The average Bonchev–Trinajstić information content (AvgIpc) is 2.86. The molecule has 2 aromatic carbocycles. The zero-order valence-electron chi connectivity index (χ0n) is 16.8. The Hall–Kier alpha value is -2.22. The molecule has 1 aliphatic rings. The van der Waals surface area contributed by atoms with Crippen molar-refractivity contribution in [1.82, 2.24) is 9.29 Å². The van der Waals surface area contributed by atoms with Crippen LogP contribution >= 0.6 is 15.9 Å². The van der Waals surface area contributed by atoms with E-state index in [0.717, 1.165) is 26.9 Å². The van der Waals surface area contributed by atoms with Gasteiger partial charge in [0, 0.05) is 48.2 Å². The fraction of sp³-hybridized carbons (Fsp3) is 0.261. The van der Waals surface area contributed by atoms with Crippen molar-refractivity contribution in [3.8, 4) is 0 Å². The van der Waals surface area contributed by atoms with Gasteiger partial charge in [-0.1, -0.05) is 46.3 Å². The summed E-state index contributed by atoms with van der Waals surface area (Å²) in [6.07, 6.45) is 5.55. The summed E-state index contributed by atoms with van der Waals surface area (Å²) < 4.78 is 28.2. The smallest absolute Gasteiger partial charge is 0.211 e. The number of rotatable bonds is 5. The standard InChI is InChI=1S/C23H24BrN3O2S/c1-30(28,29)27-16-20-14-21(24)7-8-23(20)26(15-19-9-11-25-12-10-19)17-22(27)13-18-5-3-2-4-6-18/h2-12,14,22H,13,15-17H2,1H3/t22-/m1/s1. The first-order valence-electron chi connectivity index (χ1n) is 9.83. The number of fused-ring (bicyclic) bond motifs is 1. The topological polar surface area (TPSA) is 53.5 Å². The van der Waals surface area contributed by atoms with Crippen LogP contribution in [0, 0.1) is 0 Å². The molecule has 2 heterocycles. The summed E-state index contributed by atoms with van der Waals surface area (Å²) in [5.74, 6) is 0. The van der Waals surface area contributed by atoms with Gasteiger partial charge in [0.1, 0.15) is 0 Å². The van der Waals surface area contributed by atoms with Gasteiger partial charge in [-0.25, -0.2) is 8.42 Å². The van der Waals surface area contributed by atoms with Crippen molar-refractivity contribution in [3.05, 3.63) is 94.2 Å². The molecule has 0 N–H and O–H groups in total. The van der Waals surface area contributed by atoms with E-state index in [4.69, 9.17) is 0 Å². The van der Waals surface area contributed by atoms with Gasteiger partial charge in [-0.15, -0.1) is 0 Å². The third-order valence-electron chi connectivity index (χ3n) is 5.41. The van der Waals surface area contributed by atoms with Gasteiger partial charge in [0.05, 0.1) is 6.26 Å². The van der Waals surface area contributed by atoms with Crippen LogP contribution in [0.25, 0.3) is 0 Å². The van der Waals surface area contributed by atoms with E-state index in [-0.39, 0.29) is 6.04 Å². The van der Waals surface area contributed by atoms with Gasteiger partial charge in [0.2, 0.25) is 10.0 Å². The molecule has 0 bridgehead atoms. The fourth-order valence-electron chi connectivity index (χ4n) is 4.03. The van der Waals surface area contributed by atoms with Gasteiger partial charge in [-0.3, -0.25) is 4.98 Å². The van der Waals surface area contributed by atoms with Crippen LogP contribution in [0.4, 0.5) is 5.69 Å². The second-order valence-corrected chi connectivity index (χ2v) is 10.5. The minimum Gasteiger partial charge on any atom is -0.365 e. The third kappa shape index (κ3) is 4.91.